The van der Waals surface area contributed by atoms with Crippen LogP contribution in [0, 0.1) is 11.3 Å². The second kappa shape index (κ2) is 13.2. The summed E-state index contributed by atoms with van der Waals surface area (Å²) in [7, 11) is 0. The van der Waals surface area contributed by atoms with Gasteiger partial charge in [-0.3, -0.25) is 0 Å². The van der Waals surface area contributed by atoms with Gasteiger partial charge in [-0.15, -0.1) is 0 Å². The van der Waals surface area contributed by atoms with Crippen molar-refractivity contribution in [2.24, 2.45) is 11.3 Å². The van der Waals surface area contributed by atoms with E-state index in [0.717, 1.165) is 0 Å². The maximum Gasteiger partial charge on any atom is 0.490 e. The number of nitrogens with zero attached hydrogens (tertiary/aromatic N) is 2. The van der Waals surface area contributed by atoms with Crippen molar-refractivity contribution in [1.29, 1.82) is 0 Å². The number of halogens is 6. The quantitative estimate of drug-likeness (QED) is 0.530. The van der Waals surface area contributed by atoms with Gasteiger partial charge in [-0.2, -0.15) is 26.3 Å². The summed E-state index contributed by atoms with van der Waals surface area (Å²) in [6, 6.07) is 0. The molecule has 0 spiro atoms. The predicted molar refractivity (Wildman–Crippen MR) is 103 cm³/mol. The van der Waals surface area contributed by atoms with E-state index in [2.05, 4.69) is 23.6 Å². The lowest BCUT2D eigenvalue weighted by atomic mass is 9.80. The molecule has 0 bridgehead atoms. The van der Waals surface area contributed by atoms with Gasteiger partial charge in [0.15, 0.2) is 0 Å². The molecule has 2 saturated heterocycles. The van der Waals surface area contributed by atoms with E-state index in [1.165, 1.54) is 65.0 Å². The molecule has 0 aliphatic carbocycles. The number of aliphatic carboxylic acids is 2. The Bertz CT molecular complexity index is 556. The van der Waals surface area contributed by atoms with Gasteiger partial charge in [0.2, 0.25) is 0 Å². The first-order chi connectivity index (χ1) is 14.5. The van der Waals surface area contributed by atoms with Crippen LogP contribution < -0.4 is 0 Å². The molecule has 0 saturated carbocycles. The van der Waals surface area contributed by atoms with Gasteiger partial charge in [-0.25, -0.2) is 9.59 Å². The Morgan fingerprint density at radius 3 is 1.72 bits per heavy atom. The number of carbonyl (C=O) groups is 2. The van der Waals surface area contributed by atoms with Crippen molar-refractivity contribution in [1.82, 2.24) is 9.80 Å². The smallest absolute Gasteiger partial charge is 0.475 e. The Balaban J connectivity index is 0.000000570. The van der Waals surface area contributed by atoms with E-state index < -0.39 is 24.3 Å². The third kappa shape index (κ3) is 12.4. The van der Waals surface area contributed by atoms with Crippen LogP contribution in [0.5, 0.6) is 0 Å². The first-order valence-corrected chi connectivity index (χ1v) is 10.2. The maximum atomic E-state index is 10.6. The molecule has 7 nitrogen and oxygen atoms in total. The van der Waals surface area contributed by atoms with Crippen molar-refractivity contribution in [3.8, 4) is 0 Å². The minimum atomic E-state index is -5.08. The molecule has 3 N–H and O–H groups in total. The molecule has 13 heteroatoms. The summed E-state index contributed by atoms with van der Waals surface area (Å²) in [4.78, 5) is 23.0. The van der Waals surface area contributed by atoms with E-state index in [1.807, 2.05) is 0 Å². The lowest BCUT2D eigenvalue weighted by Crippen LogP contribution is -2.49. The number of aliphatic hydroxyl groups excluding tert-OH is 1. The molecule has 2 fully saturated rings. The van der Waals surface area contributed by atoms with Crippen molar-refractivity contribution in [2.75, 3.05) is 45.9 Å². The number of piperidine rings is 2. The summed E-state index contributed by atoms with van der Waals surface area (Å²) >= 11 is 0. The molecule has 0 aromatic rings. The predicted octanol–water partition coefficient (Wildman–Crippen LogP) is 3.08. The summed E-state index contributed by atoms with van der Waals surface area (Å²) in [6.45, 7) is 12.5. The molecule has 190 valence electrons. The zero-order chi connectivity index (χ0) is 25.2. The number of hydrogen-bond donors (Lipinski definition) is 3. The third-order valence-electron chi connectivity index (χ3n) is 5.36. The normalized spacial score (nSPS) is 23.4. The van der Waals surface area contributed by atoms with Crippen LogP contribution in [0.4, 0.5) is 26.3 Å². The second-order valence-electron chi connectivity index (χ2n) is 8.29. The number of hydrogen-bond acceptors (Lipinski definition) is 5. The topological polar surface area (TPSA) is 101 Å². The fourth-order valence-corrected chi connectivity index (χ4v) is 3.69. The Labute approximate surface area is 183 Å². The first-order valence-electron chi connectivity index (χ1n) is 10.2. The number of likely N-dealkylation sites (tertiary alicyclic amines) is 2. The van der Waals surface area contributed by atoms with E-state index in [1.54, 1.807) is 0 Å². The van der Waals surface area contributed by atoms with Crippen LogP contribution in [0.3, 0.4) is 0 Å². The van der Waals surface area contributed by atoms with E-state index in [9.17, 15) is 31.4 Å². The SMILES string of the molecule is CCN1CCCC(C)(CN2CCC(CO)CC2)C1.O=C(O)C(F)(F)F.O=C(O)C(F)(F)F. The van der Waals surface area contributed by atoms with E-state index in [4.69, 9.17) is 19.8 Å². The molecule has 0 aromatic heterocycles. The molecule has 2 rings (SSSR count). The molecule has 0 amide bonds. The lowest BCUT2D eigenvalue weighted by Gasteiger charge is -2.44. The van der Waals surface area contributed by atoms with Crippen molar-refractivity contribution in [3.63, 3.8) is 0 Å². The average molecular weight is 482 g/mol. The van der Waals surface area contributed by atoms with Crippen LogP contribution in [-0.2, 0) is 9.59 Å². The Hall–Kier alpha value is -1.60. The number of aliphatic hydroxyl groups is 1. The third-order valence-corrected chi connectivity index (χ3v) is 5.36. The number of alkyl halides is 6. The molecule has 32 heavy (non-hydrogen) atoms. The second-order valence-corrected chi connectivity index (χ2v) is 8.29. The molecule has 2 aliphatic rings. The molecule has 1 unspecified atom stereocenters. The fraction of sp³-hybridized carbons (Fsp3) is 0.895. The van der Waals surface area contributed by atoms with Crippen molar-refractivity contribution < 1.29 is 51.3 Å². The van der Waals surface area contributed by atoms with Gasteiger partial charge in [0, 0.05) is 19.7 Å². The minimum absolute atomic E-state index is 0.384. The van der Waals surface area contributed by atoms with Gasteiger partial charge >= 0.3 is 24.3 Å². The molecule has 1 atom stereocenters. The highest BCUT2D eigenvalue weighted by molar-refractivity contribution is 5.73. The summed E-state index contributed by atoms with van der Waals surface area (Å²) in [6.07, 6.45) is -5.06. The van der Waals surface area contributed by atoms with Gasteiger partial charge in [0.05, 0.1) is 0 Å². The monoisotopic (exact) mass is 482 g/mol. The summed E-state index contributed by atoms with van der Waals surface area (Å²) < 4.78 is 63.5. The molecule has 2 aliphatic heterocycles. The van der Waals surface area contributed by atoms with Crippen LogP contribution >= 0.6 is 0 Å². The van der Waals surface area contributed by atoms with Crippen molar-refractivity contribution >= 4 is 11.9 Å². The zero-order valence-electron chi connectivity index (χ0n) is 18.2. The van der Waals surface area contributed by atoms with Crippen LogP contribution in [0.25, 0.3) is 0 Å². The van der Waals surface area contributed by atoms with Gasteiger partial charge in [0.1, 0.15) is 0 Å². The Morgan fingerprint density at radius 1 is 0.938 bits per heavy atom. The fourth-order valence-electron chi connectivity index (χ4n) is 3.69. The summed E-state index contributed by atoms with van der Waals surface area (Å²) in [5.74, 6) is -4.95. The minimum Gasteiger partial charge on any atom is -0.475 e. The zero-order valence-corrected chi connectivity index (χ0v) is 18.2. The Kier molecular flexibility index (Phi) is 12.5. The first kappa shape index (κ1) is 30.4. The van der Waals surface area contributed by atoms with E-state index in [-0.39, 0.29) is 0 Å². The van der Waals surface area contributed by atoms with Gasteiger partial charge in [-0.1, -0.05) is 13.8 Å². The number of carboxylic acid groups (broad SMARTS) is 2. The lowest BCUT2D eigenvalue weighted by molar-refractivity contribution is -0.193. The van der Waals surface area contributed by atoms with Gasteiger partial charge in [-0.05, 0) is 63.2 Å². The van der Waals surface area contributed by atoms with Crippen molar-refractivity contribution in [3.05, 3.63) is 0 Å². The molecular weight excluding hydrogens is 450 g/mol. The summed E-state index contributed by atoms with van der Waals surface area (Å²) in [5.41, 5.74) is 0.486. The van der Waals surface area contributed by atoms with Crippen LogP contribution in [0.2, 0.25) is 0 Å². The summed E-state index contributed by atoms with van der Waals surface area (Å²) in [5, 5.41) is 23.4. The van der Waals surface area contributed by atoms with Gasteiger partial charge < -0.3 is 25.1 Å². The van der Waals surface area contributed by atoms with Gasteiger partial charge in [0.25, 0.3) is 0 Å². The van der Waals surface area contributed by atoms with Crippen LogP contribution in [0.1, 0.15) is 39.5 Å². The Morgan fingerprint density at radius 2 is 1.38 bits per heavy atom. The molecule has 0 radical (unpaired) electrons. The van der Waals surface area contributed by atoms with Crippen LogP contribution in [-0.4, -0.2) is 95.3 Å². The highest BCUT2D eigenvalue weighted by Crippen LogP contribution is 2.31. The number of rotatable bonds is 4. The molecule has 2 heterocycles. The van der Waals surface area contributed by atoms with E-state index in [0.29, 0.717) is 17.9 Å². The molecular formula is C19H32F6N2O5. The maximum absolute atomic E-state index is 10.6. The average Bonchev–Trinajstić information content (AvgIpc) is 2.67. The largest absolute Gasteiger partial charge is 0.490 e. The highest BCUT2D eigenvalue weighted by atomic mass is 19.4. The van der Waals surface area contributed by atoms with Crippen LogP contribution in [0.15, 0.2) is 0 Å². The number of carboxylic acids is 2. The standard InChI is InChI=1S/C15H30N2O.2C2HF3O2/c1-3-16-8-4-7-15(2,12-16)13-17-9-5-14(11-18)6-10-17;2*3-2(4,5)1(6)7/h14,18H,3-13H2,1-2H3;2*(H,6,7). The highest BCUT2D eigenvalue weighted by Gasteiger charge is 2.39. The van der Waals surface area contributed by atoms with Crippen molar-refractivity contribution in [2.45, 2.75) is 51.9 Å². The molecule has 0 aromatic carbocycles. The van der Waals surface area contributed by atoms with E-state index >= 15 is 0 Å².